The van der Waals surface area contributed by atoms with Crippen LogP contribution < -0.4 is 0 Å². The molecule has 120 valence electrons. The number of nitrogens with zero attached hydrogens (tertiary/aromatic N) is 2. The molecule has 0 radical (unpaired) electrons. The second kappa shape index (κ2) is 6.37. The van der Waals surface area contributed by atoms with E-state index in [1.165, 1.54) is 11.8 Å². The first-order chi connectivity index (χ1) is 11.0. The zero-order valence-corrected chi connectivity index (χ0v) is 15.0. The number of furan rings is 1. The Morgan fingerprint density at radius 1 is 1.39 bits per heavy atom. The molecule has 0 saturated carbocycles. The number of likely N-dealkylation sites (N-methyl/N-ethyl adjacent to an activating group) is 1. The lowest BCUT2D eigenvalue weighted by Gasteiger charge is -2.09. The fourth-order valence-corrected chi connectivity index (χ4v) is 4.06. The molecule has 0 N–H and O–H groups in total. The van der Waals surface area contributed by atoms with E-state index >= 15 is 0 Å². The van der Waals surface area contributed by atoms with Crippen molar-refractivity contribution >= 4 is 40.3 Å². The third kappa shape index (κ3) is 3.01. The highest BCUT2D eigenvalue weighted by atomic mass is 32.2. The van der Waals surface area contributed by atoms with Gasteiger partial charge in [0.15, 0.2) is 0 Å². The molecule has 0 aromatic carbocycles. The van der Waals surface area contributed by atoms with Crippen LogP contribution in [-0.2, 0) is 11.3 Å². The second-order valence-corrected chi connectivity index (χ2v) is 7.09. The molecule has 2 aromatic heterocycles. The summed E-state index contributed by atoms with van der Waals surface area (Å²) in [6.45, 7) is 7.35. The van der Waals surface area contributed by atoms with Crippen molar-refractivity contribution in [1.82, 2.24) is 9.47 Å². The monoisotopic (exact) mass is 346 g/mol. The van der Waals surface area contributed by atoms with Crippen LogP contribution in [0.25, 0.3) is 6.08 Å². The average molecular weight is 346 g/mol. The summed E-state index contributed by atoms with van der Waals surface area (Å²) in [7, 11) is 0. The number of aromatic nitrogens is 1. The van der Waals surface area contributed by atoms with Crippen molar-refractivity contribution in [2.75, 3.05) is 6.54 Å². The lowest BCUT2D eigenvalue weighted by atomic mass is 10.2. The Hall–Kier alpha value is -1.79. The fourth-order valence-electron chi connectivity index (χ4n) is 2.69. The smallest absolute Gasteiger partial charge is 0.266 e. The van der Waals surface area contributed by atoms with Crippen molar-refractivity contribution in [2.45, 2.75) is 27.3 Å². The standard InChI is InChI=1S/C17H18N2O2S2/c1-4-18-16(20)15(23-17(18)22)9-13-8-11(2)19(12(13)3)10-14-6-5-7-21-14/h5-9H,4,10H2,1-3H3. The highest BCUT2D eigenvalue weighted by Gasteiger charge is 2.30. The maximum Gasteiger partial charge on any atom is 0.266 e. The van der Waals surface area contributed by atoms with Crippen molar-refractivity contribution in [3.05, 3.63) is 52.1 Å². The maximum absolute atomic E-state index is 12.3. The van der Waals surface area contributed by atoms with E-state index in [4.69, 9.17) is 16.6 Å². The molecule has 3 heterocycles. The van der Waals surface area contributed by atoms with Crippen LogP contribution in [0.2, 0.25) is 0 Å². The van der Waals surface area contributed by atoms with Gasteiger partial charge in [0.25, 0.3) is 5.91 Å². The summed E-state index contributed by atoms with van der Waals surface area (Å²) in [6.07, 6.45) is 3.62. The number of amides is 1. The van der Waals surface area contributed by atoms with Gasteiger partial charge in [0.05, 0.1) is 17.7 Å². The van der Waals surface area contributed by atoms with Gasteiger partial charge < -0.3 is 8.98 Å². The number of thioether (sulfide) groups is 1. The number of rotatable bonds is 4. The molecule has 1 aliphatic heterocycles. The summed E-state index contributed by atoms with van der Waals surface area (Å²) in [5.74, 6) is 0.911. The van der Waals surface area contributed by atoms with E-state index in [1.807, 2.05) is 25.1 Å². The van der Waals surface area contributed by atoms with Crippen molar-refractivity contribution < 1.29 is 9.21 Å². The molecule has 0 spiro atoms. The van der Waals surface area contributed by atoms with Gasteiger partial charge in [-0.15, -0.1) is 0 Å². The number of thiocarbonyl (C=S) groups is 1. The Bertz CT molecular complexity index is 788. The molecule has 6 heteroatoms. The molecule has 0 atom stereocenters. The van der Waals surface area contributed by atoms with Gasteiger partial charge >= 0.3 is 0 Å². The molecule has 1 saturated heterocycles. The van der Waals surface area contributed by atoms with Crippen LogP contribution in [0.1, 0.15) is 29.6 Å². The van der Waals surface area contributed by atoms with Gasteiger partial charge in [-0.3, -0.25) is 9.69 Å². The third-order valence-electron chi connectivity index (χ3n) is 3.98. The number of carbonyl (C=O) groups excluding carboxylic acids is 1. The molecular weight excluding hydrogens is 328 g/mol. The SMILES string of the molecule is CCN1C(=O)C(=Cc2cc(C)n(Cc3ccco3)c2C)SC1=S. The summed E-state index contributed by atoms with van der Waals surface area (Å²) < 4.78 is 8.25. The molecule has 4 nitrogen and oxygen atoms in total. The van der Waals surface area contributed by atoms with Gasteiger partial charge in [-0.2, -0.15) is 0 Å². The van der Waals surface area contributed by atoms with Crippen LogP contribution in [0.4, 0.5) is 0 Å². The van der Waals surface area contributed by atoms with Crippen LogP contribution in [0, 0.1) is 13.8 Å². The van der Waals surface area contributed by atoms with Gasteiger partial charge in [-0.1, -0.05) is 24.0 Å². The van der Waals surface area contributed by atoms with Crippen molar-refractivity contribution in [2.24, 2.45) is 0 Å². The largest absolute Gasteiger partial charge is 0.467 e. The number of hydrogen-bond donors (Lipinski definition) is 0. The minimum Gasteiger partial charge on any atom is -0.467 e. The third-order valence-corrected chi connectivity index (χ3v) is 5.36. The lowest BCUT2D eigenvalue weighted by Crippen LogP contribution is -2.27. The topological polar surface area (TPSA) is 38.4 Å². The zero-order chi connectivity index (χ0) is 16.6. The molecular formula is C17H18N2O2S2. The van der Waals surface area contributed by atoms with Crippen molar-refractivity contribution in [3.8, 4) is 0 Å². The van der Waals surface area contributed by atoms with Gasteiger partial charge in [0.2, 0.25) is 0 Å². The Balaban J connectivity index is 1.91. The van der Waals surface area contributed by atoms with E-state index < -0.39 is 0 Å². The number of aryl methyl sites for hydroxylation is 1. The highest BCUT2D eigenvalue weighted by Crippen LogP contribution is 2.33. The zero-order valence-electron chi connectivity index (χ0n) is 13.3. The molecule has 0 unspecified atom stereocenters. The van der Waals surface area contributed by atoms with Crippen LogP contribution in [0.5, 0.6) is 0 Å². The highest BCUT2D eigenvalue weighted by molar-refractivity contribution is 8.26. The van der Waals surface area contributed by atoms with E-state index in [-0.39, 0.29) is 5.91 Å². The molecule has 3 rings (SSSR count). The molecule has 23 heavy (non-hydrogen) atoms. The van der Waals surface area contributed by atoms with Crippen LogP contribution in [0.15, 0.2) is 33.8 Å². The first-order valence-electron chi connectivity index (χ1n) is 7.45. The van der Waals surface area contributed by atoms with Gasteiger partial charge in [0, 0.05) is 17.9 Å². The van der Waals surface area contributed by atoms with Crippen molar-refractivity contribution in [1.29, 1.82) is 0 Å². The maximum atomic E-state index is 12.3. The Labute approximate surface area is 145 Å². The minimum absolute atomic E-state index is 0.00154. The Morgan fingerprint density at radius 3 is 2.78 bits per heavy atom. The van der Waals surface area contributed by atoms with E-state index in [0.717, 1.165) is 22.7 Å². The molecule has 1 aliphatic rings. The van der Waals surface area contributed by atoms with Gasteiger partial charge in [-0.25, -0.2) is 0 Å². The van der Waals surface area contributed by atoms with E-state index in [2.05, 4.69) is 24.5 Å². The Morgan fingerprint density at radius 2 is 2.17 bits per heavy atom. The van der Waals surface area contributed by atoms with Crippen LogP contribution >= 0.6 is 24.0 Å². The summed E-state index contributed by atoms with van der Waals surface area (Å²) >= 11 is 6.63. The van der Waals surface area contributed by atoms with E-state index in [1.54, 1.807) is 11.2 Å². The first-order valence-corrected chi connectivity index (χ1v) is 8.68. The quantitative estimate of drug-likeness (QED) is 0.620. The summed E-state index contributed by atoms with van der Waals surface area (Å²) in [5, 5.41) is 0. The number of hydrogen-bond acceptors (Lipinski definition) is 4. The van der Waals surface area contributed by atoms with Gasteiger partial charge in [-0.05, 0) is 50.6 Å². The second-order valence-electron chi connectivity index (χ2n) is 5.42. The molecule has 0 aliphatic carbocycles. The summed E-state index contributed by atoms with van der Waals surface area (Å²) in [4.78, 5) is 14.7. The van der Waals surface area contributed by atoms with E-state index in [9.17, 15) is 4.79 Å². The van der Waals surface area contributed by atoms with Crippen molar-refractivity contribution in [3.63, 3.8) is 0 Å². The van der Waals surface area contributed by atoms with Crippen LogP contribution in [0.3, 0.4) is 0 Å². The van der Waals surface area contributed by atoms with E-state index in [0.29, 0.717) is 22.3 Å². The Kier molecular flexibility index (Phi) is 4.46. The molecule has 2 aromatic rings. The average Bonchev–Trinajstić information content (AvgIpc) is 3.18. The lowest BCUT2D eigenvalue weighted by molar-refractivity contribution is -0.121. The normalized spacial score (nSPS) is 16.8. The number of carbonyl (C=O) groups is 1. The predicted molar refractivity (Wildman–Crippen MR) is 97.3 cm³/mol. The first kappa shape index (κ1) is 16.1. The summed E-state index contributed by atoms with van der Waals surface area (Å²) in [6, 6.07) is 5.95. The molecule has 0 bridgehead atoms. The predicted octanol–water partition coefficient (Wildman–Crippen LogP) is 3.97. The summed E-state index contributed by atoms with van der Waals surface area (Å²) in [5.41, 5.74) is 3.29. The minimum atomic E-state index is -0.00154. The molecule has 1 amide bonds. The molecule has 1 fully saturated rings. The van der Waals surface area contributed by atoms with Gasteiger partial charge in [0.1, 0.15) is 10.1 Å². The van der Waals surface area contributed by atoms with Crippen LogP contribution in [-0.4, -0.2) is 26.2 Å². The fraction of sp³-hybridized carbons (Fsp3) is 0.294.